The molecule has 0 bridgehead atoms. The van der Waals surface area contributed by atoms with Crippen molar-refractivity contribution in [3.63, 3.8) is 0 Å². The van der Waals surface area contributed by atoms with Crippen molar-refractivity contribution in [1.29, 1.82) is 0 Å². The van der Waals surface area contributed by atoms with Gasteiger partial charge in [0.1, 0.15) is 6.04 Å². The van der Waals surface area contributed by atoms with Gasteiger partial charge in [-0.05, 0) is 24.2 Å². The quantitative estimate of drug-likeness (QED) is 0.774. The van der Waals surface area contributed by atoms with Gasteiger partial charge in [0.2, 0.25) is 5.91 Å². The molecule has 1 fully saturated rings. The summed E-state index contributed by atoms with van der Waals surface area (Å²) in [6.45, 7) is 8.16. The van der Waals surface area contributed by atoms with E-state index in [0.717, 1.165) is 6.42 Å². The maximum absolute atomic E-state index is 12.3. The van der Waals surface area contributed by atoms with E-state index in [1.54, 1.807) is 0 Å². The summed E-state index contributed by atoms with van der Waals surface area (Å²) in [6.07, 6.45) is 1.35. The zero-order valence-electron chi connectivity index (χ0n) is 11.6. The molecular formula is C13H24N2O3. The smallest absolute Gasteiger partial charge is 0.326 e. The van der Waals surface area contributed by atoms with E-state index in [-0.39, 0.29) is 11.3 Å². The van der Waals surface area contributed by atoms with Gasteiger partial charge >= 0.3 is 5.97 Å². The molecule has 104 valence electrons. The van der Waals surface area contributed by atoms with Crippen molar-refractivity contribution in [2.75, 3.05) is 6.54 Å². The number of carbonyl (C=O) groups excluding carboxylic acids is 1. The number of nitrogens with zero attached hydrogens (tertiary/aromatic N) is 1. The van der Waals surface area contributed by atoms with Gasteiger partial charge in [0.15, 0.2) is 0 Å². The van der Waals surface area contributed by atoms with Crippen LogP contribution in [-0.4, -0.2) is 40.5 Å². The standard InChI is InChI=1S/C13H24N2O3/c1-8-5-6-15(9(7-8)12(17)18)11(16)10(14)13(2,3)4/h8-10H,5-7,14H2,1-4H3,(H,17,18). The molecule has 1 rings (SSSR count). The molecule has 3 atom stereocenters. The Kier molecular flexibility index (Phi) is 4.37. The molecule has 5 nitrogen and oxygen atoms in total. The van der Waals surface area contributed by atoms with E-state index in [9.17, 15) is 14.7 Å². The van der Waals surface area contributed by atoms with Crippen molar-refractivity contribution in [2.45, 2.75) is 52.6 Å². The number of aliphatic carboxylic acids is 1. The first-order valence-electron chi connectivity index (χ1n) is 6.43. The molecule has 0 saturated carbocycles. The molecular weight excluding hydrogens is 232 g/mol. The molecule has 0 aliphatic carbocycles. The van der Waals surface area contributed by atoms with Crippen molar-refractivity contribution >= 4 is 11.9 Å². The third-order valence-electron chi connectivity index (χ3n) is 3.63. The second-order valence-corrected chi connectivity index (χ2v) is 6.36. The molecule has 1 aliphatic rings. The Labute approximate surface area is 108 Å². The Bertz CT molecular complexity index is 336. The number of carbonyl (C=O) groups is 2. The zero-order chi connectivity index (χ0) is 14.1. The Morgan fingerprint density at radius 3 is 2.39 bits per heavy atom. The van der Waals surface area contributed by atoms with Crippen molar-refractivity contribution in [1.82, 2.24) is 4.90 Å². The van der Waals surface area contributed by atoms with Gasteiger partial charge in [-0.1, -0.05) is 27.7 Å². The van der Waals surface area contributed by atoms with Crippen LogP contribution in [0.1, 0.15) is 40.5 Å². The van der Waals surface area contributed by atoms with Gasteiger partial charge in [-0.2, -0.15) is 0 Å². The molecule has 0 aromatic carbocycles. The maximum atomic E-state index is 12.3. The molecule has 0 aromatic heterocycles. The summed E-state index contributed by atoms with van der Waals surface area (Å²) in [5.74, 6) is -0.848. The average molecular weight is 256 g/mol. The van der Waals surface area contributed by atoms with Crippen LogP contribution in [0.15, 0.2) is 0 Å². The third kappa shape index (κ3) is 3.22. The summed E-state index contributed by atoms with van der Waals surface area (Å²) in [5.41, 5.74) is 5.58. The van der Waals surface area contributed by atoms with Gasteiger partial charge in [-0.3, -0.25) is 4.79 Å². The van der Waals surface area contributed by atoms with Crippen LogP contribution in [-0.2, 0) is 9.59 Å². The summed E-state index contributed by atoms with van der Waals surface area (Å²) in [7, 11) is 0. The van der Waals surface area contributed by atoms with Gasteiger partial charge in [0.05, 0.1) is 6.04 Å². The molecule has 0 aromatic rings. The van der Waals surface area contributed by atoms with E-state index in [1.807, 2.05) is 27.7 Å². The van der Waals surface area contributed by atoms with Crippen molar-refractivity contribution in [3.8, 4) is 0 Å². The first kappa shape index (κ1) is 15.0. The summed E-state index contributed by atoms with van der Waals surface area (Å²) in [6, 6.07) is -1.39. The van der Waals surface area contributed by atoms with Crippen LogP contribution in [0.2, 0.25) is 0 Å². The summed E-state index contributed by atoms with van der Waals surface area (Å²) in [5, 5.41) is 9.23. The molecule has 0 spiro atoms. The molecule has 1 amide bonds. The topological polar surface area (TPSA) is 83.6 Å². The fourth-order valence-corrected chi connectivity index (χ4v) is 2.19. The monoisotopic (exact) mass is 256 g/mol. The number of likely N-dealkylation sites (tertiary alicyclic amines) is 1. The Hall–Kier alpha value is -1.10. The van der Waals surface area contributed by atoms with Crippen LogP contribution < -0.4 is 5.73 Å². The first-order chi connectivity index (χ1) is 8.14. The van der Waals surface area contributed by atoms with Crippen LogP contribution in [0.4, 0.5) is 0 Å². The Morgan fingerprint density at radius 2 is 1.94 bits per heavy atom. The molecule has 18 heavy (non-hydrogen) atoms. The highest BCUT2D eigenvalue weighted by molar-refractivity contribution is 5.87. The van der Waals surface area contributed by atoms with E-state index >= 15 is 0 Å². The van der Waals surface area contributed by atoms with Gasteiger partial charge in [0, 0.05) is 6.54 Å². The largest absolute Gasteiger partial charge is 0.480 e. The molecule has 3 unspecified atom stereocenters. The van der Waals surface area contributed by atoms with Gasteiger partial charge in [0.25, 0.3) is 0 Å². The van der Waals surface area contributed by atoms with Crippen LogP contribution in [0, 0.1) is 11.3 Å². The number of amides is 1. The minimum absolute atomic E-state index is 0.248. The van der Waals surface area contributed by atoms with Gasteiger partial charge in [-0.25, -0.2) is 4.79 Å². The molecule has 1 heterocycles. The fraction of sp³-hybridized carbons (Fsp3) is 0.846. The number of carboxylic acid groups (broad SMARTS) is 1. The number of rotatable bonds is 2. The fourth-order valence-electron chi connectivity index (χ4n) is 2.19. The second kappa shape index (κ2) is 5.26. The van der Waals surface area contributed by atoms with E-state index in [1.165, 1.54) is 4.90 Å². The number of hydrogen-bond donors (Lipinski definition) is 2. The minimum Gasteiger partial charge on any atom is -0.480 e. The summed E-state index contributed by atoms with van der Waals surface area (Å²) in [4.78, 5) is 25.0. The van der Waals surface area contributed by atoms with E-state index < -0.39 is 18.1 Å². The van der Waals surface area contributed by atoms with Crippen LogP contribution >= 0.6 is 0 Å². The Morgan fingerprint density at radius 1 is 1.39 bits per heavy atom. The highest BCUT2D eigenvalue weighted by Gasteiger charge is 2.39. The zero-order valence-corrected chi connectivity index (χ0v) is 11.6. The average Bonchev–Trinajstić information content (AvgIpc) is 2.25. The molecule has 1 saturated heterocycles. The highest BCUT2D eigenvalue weighted by atomic mass is 16.4. The molecule has 0 radical (unpaired) electrons. The Balaban J connectivity index is 2.86. The van der Waals surface area contributed by atoms with Crippen LogP contribution in [0.3, 0.4) is 0 Å². The lowest BCUT2D eigenvalue weighted by Gasteiger charge is -2.39. The number of piperidine rings is 1. The number of nitrogens with two attached hydrogens (primary N) is 1. The molecule has 3 N–H and O–H groups in total. The van der Waals surface area contributed by atoms with E-state index in [0.29, 0.717) is 18.9 Å². The minimum atomic E-state index is -0.934. The number of carboxylic acids is 1. The highest BCUT2D eigenvalue weighted by Crippen LogP contribution is 2.26. The molecule has 5 heteroatoms. The van der Waals surface area contributed by atoms with E-state index in [4.69, 9.17) is 5.73 Å². The van der Waals surface area contributed by atoms with Crippen LogP contribution in [0.25, 0.3) is 0 Å². The van der Waals surface area contributed by atoms with E-state index in [2.05, 4.69) is 0 Å². The van der Waals surface area contributed by atoms with Crippen molar-refractivity contribution in [2.24, 2.45) is 17.1 Å². The lowest BCUT2D eigenvalue weighted by molar-refractivity contribution is -0.154. The summed E-state index contributed by atoms with van der Waals surface area (Å²) < 4.78 is 0. The van der Waals surface area contributed by atoms with Crippen molar-refractivity contribution < 1.29 is 14.7 Å². The van der Waals surface area contributed by atoms with Gasteiger partial charge < -0.3 is 15.7 Å². The lowest BCUT2D eigenvalue weighted by Crippen LogP contribution is -2.57. The van der Waals surface area contributed by atoms with Gasteiger partial charge in [-0.15, -0.1) is 0 Å². The van der Waals surface area contributed by atoms with Crippen molar-refractivity contribution in [3.05, 3.63) is 0 Å². The van der Waals surface area contributed by atoms with Crippen LogP contribution in [0.5, 0.6) is 0 Å². The summed E-state index contributed by atoms with van der Waals surface area (Å²) >= 11 is 0. The predicted molar refractivity (Wildman–Crippen MR) is 69.0 cm³/mol. The lowest BCUT2D eigenvalue weighted by atomic mass is 9.85. The normalized spacial score (nSPS) is 26.8. The second-order valence-electron chi connectivity index (χ2n) is 6.36. The SMILES string of the molecule is CC1CCN(C(=O)C(N)C(C)(C)C)C(C(=O)O)C1. The number of hydrogen-bond acceptors (Lipinski definition) is 3. The third-order valence-corrected chi connectivity index (χ3v) is 3.63. The first-order valence-corrected chi connectivity index (χ1v) is 6.43. The molecule has 1 aliphatic heterocycles. The predicted octanol–water partition coefficient (Wildman–Crippen LogP) is 1.07. The maximum Gasteiger partial charge on any atom is 0.326 e.